The Morgan fingerprint density at radius 1 is 1.36 bits per heavy atom. The lowest BCUT2D eigenvalue weighted by Crippen LogP contribution is -2.16. The lowest BCUT2D eigenvalue weighted by molar-refractivity contribution is 0.430. The second-order valence-electron chi connectivity index (χ2n) is 3.81. The van der Waals surface area contributed by atoms with E-state index in [0.29, 0.717) is 23.7 Å². The average molecular weight is 198 g/mol. The fourth-order valence-electron chi connectivity index (χ4n) is 0.892. The van der Waals surface area contributed by atoms with Crippen LogP contribution in [-0.4, -0.2) is 16.7 Å². The zero-order valence-corrected chi connectivity index (χ0v) is 8.95. The maximum atomic E-state index is 5.34. The highest BCUT2D eigenvalue weighted by molar-refractivity contribution is 5.16. The largest absolute Gasteiger partial charge is 0.407 e. The molecule has 0 aliphatic heterocycles. The summed E-state index contributed by atoms with van der Waals surface area (Å²) in [6.45, 7) is 7.67. The molecule has 0 saturated carbocycles. The van der Waals surface area contributed by atoms with E-state index in [4.69, 9.17) is 10.2 Å². The molecular formula is C9H18N4O. The second kappa shape index (κ2) is 4.95. The van der Waals surface area contributed by atoms with Crippen molar-refractivity contribution in [2.45, 2.75) is 27.3 Å². The van der Waals surface area contributed by atoms with Gasteiger partial charge in [0.15, 0.2) is 0 Å². The normalized spacial score (nSPS) is 13.2. The van der Waals surface area contributed by atoms with Crippen molar-refractivity contribution in [3.63, 3.8) is 0 Å². The van der Waals surface area contributed by atoms with Crippen LogP contribution in [0.15, 0.2) is 4.42 Å². The molecule has 0 aliphatic rings. The summed E-state index contributed by atoms with van der Waals surface area (Å²) in [7, 11) is 0. The average Bonchev–Trinajstić information content (AvgIpc) is 2.61. The molecule has 14 heavy (non-hydrogen) atoms. The Morgan fingerprint density at radius 3 is 2.57 bits per heavy atom. The summed E-state index contributed by atoms with van der Waals surface area (Å²) >= 11 is 0. The molecule has 0 saturated heterocycles. The van der Waals surface area contributed by atoms with Crippen LogP contribution in [-0.2, 0) is 6.54 Å². The van der Waals surface area contributed by atoms with E-state index in [1.54, 1.807) is 0 Å². The summed E-state index contributed by atoms with van der Waals surface area (Å²) in [6.07, 6.45) is 0. The topological polar surface area (TPSA) is 77.0 Å². The fourth-order valence-corrected chi connectivity index (χ4v) is 0.892. The third-order valence-corrected chi connectivity index (χ3v) is 2.35. The fraction of sp³-hybridized carbons (Fsp3) is 0.778. The van der Waals surface area contributed by atoms with Crippen LogP contribution in [0.3, 0.4) is 0 Å². The number of hydrogen-bond donors (Lipinski definition) is 2. The van der Waals surface area contributed by atoms with Crippen LogP contribution in [0.2, 0.25) is 0 Å². The van der Waals surface area contributed by atoms with Crippen molar-refractivity contribution < 1.29 is 4.42 Å². The lowest BCUT2D eigenvalue weighted by atomic mass is 9.98. The van der Waals surface area contributed by atoms with Gasteiger partial charge in [0.2, 0.25) is 5.89 Å². The number of hydrogen-bond acceptors (Lipinski definition) is 5. The minimum atomic E-state index is 0.286. The van der Waals surface area contributed by atoms with E-state index in [1.807, 2.05) is 0 Å². The van der Waals surface area contributed by atoms with E-state index in [0.717, 1.165) is 6.54 Å². The molecule has 5 nitrogen and oxygen atoms in total. The predicted molar refractivity (Wildman–Crippen MR) is 54.7 cm³/mol. The first-order chi connectivity index (χ1) is 6.63. The van der Waals surface area contributed by atoms with Crippen molar-refractivity contribution in [2.24, 2.45) is 17.6 Å². The Hall–Kier alpha value is -1.10. The molecule has 0 amide bonds. The van der Waals surface area contributed by atoms with Gasteiger partial charge in [0.1, 0.15) is 0 Å². The van der Waals surface area contributed by atoms with Gasteiger partial charge in [0.05, 0.1) is 6.54 Å². The van der Waals surface area contributed by atoms with E-state index < -0.39 is 0 Å². The van der Waals surface area contributed by atoms with Gasteiger partial charge in [0.25, 0.3) is 0 Å². The summed E-state index contributed by atoms with van der Waals surface area (Å²) in [5, 5.41) is 10.6. The van der Waals surface area contributed by atoms with Crippen LogP contribution in [0.1, 0.15) is 26.7 Å². The van der Waals surface area contributed by atoms with Crippen molar-refractivity contribution in [1.82, 2.24) is 10.2 Å². The minimum absolute atomic E-state index is 0.286. The molecule has 0 aromatic carbocycles. The molecule has 0 radical (unpaired) electrons. The molecule has 1 rings (SSSR count). The highest BCUT2D eigenvalue weighted by Crippen LogP contribution is 2.11. The minimum Gasteiger partial charge on any atom is -0.407 e. The van der Waals surface area contributed by atoms with Crippen molar-refractivity contribution in [2.75, 3.05) is 11.9 Å². The van der Waals surface area contributed by atoms with E-state index in [2.05, 4.69) is 36.3 Å². The smallest absolute Gasteiger partial charge is 0.315 e. The van der Waals surface area contributed by atoms with E-state index >= 15 is 0 Å². The summed E-state index contributed by atoms with van der Waals surface area (Å²) in [4.78, 5) is 0. The van der Waals surface area contributed by atoms with Crippen LogP contribution in [0.5, 0.6) is 0 Å². The Balaban J connectivity index is 2.37. The summed E-state index contributed by atoms with van der Waals surface area (Å²) in [6, 6.07) is 0.456. The maximum absolute atomic E-state index is 5.34. The molecule has 0 fully saturated rings. The van der Waals surface area contributed by atoms with Crippen LogP contribution < -0.4 is 11.1 Å². The van der Waals surface area contributed by atoms with Crippen LogP contribution >= 0.6 is 0 Å². The summed E-state index contributed by atoms with van der Waals surface area (Å²) in [5.41, 5.74) is 5.34. The Labute approximate surface area is 84.1 Å². The van der Waals surface area contributed by atoms with Gasteiger partial charge in [-0.05, 0) is 11.8 Å². The van der Waals surface area contributed by atoms with Gasteiger partial charge in [-0.1, -0.05) is 25.9 Å². The third-order valence-electron chi connectivity index (χ3n) is 2.35. The molecule has 3 N–H and O–H groups in total. The molecule has 1 aromatic rings. The molecule has 1 aromatic heterocycles. The van der Waals surface area contributed by atoms with Crippen molar-refractivity contribution in [1.29, 1.82) is 0 Å². The third kappa shape index (κ3) is 2.99. The van der Waals surface area contributed by atoms with Crippen molar-refractivity contribution >= 4 is 6.01 Å². The predicted octanol–water partition coefficient (Wildman–Crippen LogP) is 1.23. The van der Waals surface area contributed by atoms with Crippen LogP contribution in [0.25, 0.3) is 0 Å². The van der Waals surface area contributed by atoms with Gasteiger partial charge >= 0.3 is 6.01 Å². The SMILES string of the molecule is CC(C)C(C)CNc1nnc(CN)o1. The molecule has 0 bridgehead atoms. The first-order valence-electron chi connectivity index (χ1n) is 4.89. The Morgan fingerprint density at radius 2 is 2.07 bits per heavy atom. The quantitative estimate of drug-likeness (QED) is 0.744. The first kappa shape index (κ1) is 11.0. The van der Waals surface area contributed by atoms with Crippen LogP contribution in [0.4, 0.5) is 6.01 Å². The number of aromatic nitrogens is 2. The molecule has 0 spiro atoms. The number of nitrogens with zero attached hydrogens (tertiary/aromatic N) is 2. The summed E-state index contributed by atoms with van der Waals surface area (Å²) < 4.78 is 5.20. The molecule has 1 unspecified atom stereocenters. The first-order valence-corrected chi connectivity index (χ1v) is 4.89. The second-order valence-corrected chi connectivity index (χ2v) is 3.81. The van der Waals surface area contributed by atoms with Gasteiger partial charge in [-0.3, -0.25) is 0 Å². The highest BCUT2D eigenvalue weighted by Gasteiger charge is 2.09. The molecule has 5 heteroatoms. The molecule has 0 aliphatic carbocycles. The Kier molecular flexibility index (Phi) is 3.88. The maximum Gasteiger partial charge on any atom is 0.315 e. The lowest BCUT2D eigenvalue weighted by Gasteiger charge is -2.14. The van der Waals surface area contributed by atoms with E-state index in [1.165, 1.54) is 0 Å². The van der Waals surface area contributed by atoms with Gasteiger partial charge in [0, 0.05) is 6.54 Å². The zero-order valence-electron chi connectivity index (χ0n) is 8.95. The van der Waals surface area contributed by atoms with E-state index in [-0.39, 0.29) is 6.54 Å². The molecule has 1 atom stereocenters. The standard InChI is InChI=1S/C9H18N4O/c1-6(2)7(3)5-11-9-13-12-8(4-10)14-9/h6-7H,4-5,10H2,1-3H3,(H,11,13). The number of nitrogens with one attached hydrogen (secondary N) is 1. The van der Waals surface area contributed by atoms with Gasteiger partial charge in [-0.2, -0.15) is 0 Å². The molecule has 1 heterocycles. The number of anilines is 1. The number of rotatable bonds is 5. The molecule has 80 valence electrons. The highest BCUT2D eigenvalue weighted by atomic mass is 16.4. The Bertz CT molecular complexity index is 272. The van der Waals surface area contributed by atoms with Gasteiger partial charge < -0.3 is 15.5 Å². The molecular weight excluding hydrogens is 180 g/mol. The monoisotopic (exact) mass is 198 g/mol. The summed E-state index contributed by atoms with van der Waals surface area (Å²) in [5.74, 6) is 1.67. The van der Waals surface area contributed by atoms with Gasteiger partial charge in [-0.15, -0.1) is 5.10 Å². The number of nitrogens with two attached hydrogens (primary N) is 1. The van der Waals surface area contributed by atoms with E-state index in [9.17, 15) is 0 Å². The van der Waals surface area contributed by atoms with Gasteiger partial charge in [-0.25, -0.2) is 0 Å². The van der Waals surface area contributed by atoms with Crippen molar-refractivity contribution in [3.8, 4) is 0 Å². The van der Waals surface area contributed by atoms with Crippen molar-refractivity contribution in [3.05, 3.63) is 5.89 Å². The van der Waals surface area contributed by atoms with Crippen LogP contribution in [0, 0.1) is 11.8 Å². The zero-order chi connectivity index (χ0) is 10.6.